The third kappa shape index (κ3) is 0.847. The molecule has 0 spiro atoms. The van der Waals surface area contributed by atoms with Crippen molar-refractivity contribution in [3.63, 3.8) is 0 Å². The van der Waals surface area contributed by atoms with Crippen LogP contribution in [0.3, 0.4) is 0 Å². The summed E-state index contributed by atoms with van der Waals surface area (Å²) in [6.07, 6.45) is 0. The van der Waals surface area contributed by atoms with E-state index in [9.17, 15) is 5.11 Å². The van der Waals surface area contributed by atoms with Crippen molar-refractivity contribution in [3.05, 3.63) is 0 Å². The molecule has 0 aromatic heterocycles. The van der Waals surface area contributed by atoms with E-state index in [-0.39, 0.29) is 5.41 Å². The van der Waals surface area contributed by atoms with Crippen molar-refractivity contribution in [3.8, 4) is 0 Å². The van der Waals surface area contributed by atoms with E-state index in [4.69, 9.17) is 12.2 Å². The third-order valence-corrected chi connectivity index (χ3v) is 3.16. The van der Waals surface area contributed by atoms with E-state index < -0.39 is 5.60 Å². The van der Waals surface area contributed by atoms with Gasteiger partial charge in [-0.15, -0.1) is 0 Å². The number of aliphatic hydroxyl groups is 1. The molecule has 0 aromatic rings. The van der Waals surface area contributed by atoms with Gasteiger partial charge in [0, 0.05) is 12.0 Å². The van der Waals surface area contributed by atoms with Gasteiger partial charge in [0.1, 0.15) is 0 Å². The summed E-state index contributed by atoms with van der Waals surface area (Å²) in [6, 6.07) is 0. The van der Waals surface area contributed by atoms with Crippen molar-refractivity contribution in [2.24, 2.45) is 5.41 Å². The quantitative estimate of drug-likeness (QED) is 0.510. The number of hydrogen-bond donors (Lipinski definition) is 2. The minimum atomic E-state index is -0.690. The summed E-state index contributed by atoms with van der Waals surface area (Å²) in [5.74, 6) is 0. The molecule has 1 atom stereocenters. The molecule has 1 rings (SSSR count). The van der Waals surface area contributed by atoms with Crippen molar-refractivity contribution in [1.82, 2.24) is 5.32 Å². The molecular formula is C7H13NOS. The standard InChI is InChI=1S/C7H13NOS/c1-6(2)5(10)8-4-7(6,3)9/h9H,4H2,1-3H3,(H,8,10). The zero-order chi connectivity index (χ0) is 7.99. The first-order chi connectivity index (χ1) is 4.38. The van der Waals surface area contributed by atoms with Gasteiger partial charge < -0.3 is 10.4 Å². The van der Waals surface area contributed by atoms with E-state index in [0.29, 0.717) is 6.54 Å². The Labute approximate surface area is 66.6 Å². The Balaban J connectivity index is 2.95. The van der Waals surface area contributed by atoms with Crippen LogP contribution in [0.15, 0.2) is 0 Å². The second-order valence-electron chi connectivity index (χ2n) is 3.58. The van der Waals surface area contributed by atoms with Crippen LogP contribution >= 0.6 is 12.2 Å². The number of thiocarbonyl (C=S) groups is 1. The van der Waals surface area contributed by atoms with E-state index in [1.807, 2.05) is 13.8 Å². The molecule has 3 heteroatoms. The largest absolute Gasteiger partial charge is 0.387 e. The molecule has 2 nitrogen and oxygen atoms in total. The molecule has 10 heavy (non-hydrogen) atoms. The maximum Gasteiger partial charge on any atom is 0.0904 e. The van der Waals surface area contributed by atoms with Crippen molar-refractivity contribution in [2.45, 2.75) is 26.4 Å². The molecule has 58 valence electrons. The van der Waals surface area contributed by atoms with Gasteiger partial charge in [-0.05, 0) is 6.92 Å². The SMILES string of the molecule is CC1(O)CNC(=S)C1(C)C. The van der Waals surface area contributed by atoms with E-state index in [1.54, 1.807) is 6.92 Å². The average molecular weight is 159 g/mol. The fraction of sp³-hybridized carbons (Fsp3) is 0.857. The van der Waals surface area contributed by atoms with Crippen LogP contribution in [0, 0.1) is 5.41 Å². The lowest BCUT2D eigenvalue weighted by Crippen LogP contribution is -2.41. The van der Waals surface area contributed by atoms with Gasteiger partial charge in [0.15, 0.2) is 0 Å². The van der Waals surface area contributed by atoms with Crippen molar-refractivity contribution >= 4 is 17.2 Å². The van der Waals surface area contributed by atoms with Crippen LogP contribution in [-0.2, 0) is 0 Å². The average Bonchev–Trinajstić information content (AvgIpc) is 1.94. The van der Waals surface area contributed by atoms with Crippen LogP contribution in [0.25, 0.3) is 0 Å². The monoisotopic (exact) mass is 159 g/mol. The molecule has 1 saturated heterocycles. The predicted octanol–water partition coefficient (Wildman–Crippen LogP) is 0.694. The summed E-state index contributed by atoms with van der Waals surface area (Å²) in [6.45, 7) is 6.28. The number of rotatable bonds is 0. The maximum absolute atomic E-state index is 9.74. The Morgan fingerprint density at radius 3 is 2.10 bits per heavy atom. The number of hydrogen-bond acceptors (Lipinski definition) is 2. The van der Waals surface area contributed by atoms with Gasteiger partial charge in [0.2, 0.25) is 0 Å². The highest BCUT2D eigenvalue weighted by Gasteiger charge is 2.47. The van der Waals surface area contributed by atoms with Gasteiger partial charge in [-0.1, -0.05) is 26.1 Å². The Bertz CT molecular complexity index is 174. The third-order valence-electron chi connectivity index (χ3n) is 2.51. The van der Waals surface area contributed by atoms with Crippen LogP contribution in [0.2, 0.25) is 0 Å². The molecule has 1 aliphatic heterocycles. The second kappa shape index (κ2) is 1.92. The van der Waals surface area contributed by atoms with Crippen LogP contribution < -0.4 is 5.32 Å². The molecule has 1 aliphatic rings. The van der Waals surface area contributed by atoms with Gasteiger partial charge in [0.25, 0.3) is 0 Å². The summed E-state index contributed by atoms with van der Waals surface area (Å²) < 4.78 is 0. The minimum absolute atomic E-state index is 0.275. The van der Waals surface area contributed by atoms with Gasteiger partial charge in [-0.2, -0.15) is 0 Å². The van der Waals surface area contributed by atoms with E-state index in [0.717, 1.165) is 4.99 Å². The molecular weight excluding hydrogens is 146 g/mol. The fourth-order valence-electron chi connectivity index (χ4n) is 0.939. The molecule has 1 fully saturated rings. The van der Waals surface area contributed by atoms with E-state index in [2.05, 4.69) is 5.32 Å². The highest BCUT2D eigenvalue weighted by Crippen LogP contribution is 2.35. The molecule has 1 unspecified atom stereocenters. The lowest BCUT2D eigenvalue weighted by molar-refractivity contribution is 0.00822. The first-order valence-electron chi connectivity index (χ1n) is 3.38. The van der Waals surface area contributed by atoms with E-state index in [1.165, 1.54) is 0 Å². The number of nitrogens with one attached hydrogen (secondary N) is 1. The summed E-state index contributed by atoms with van der Waals surface area (Å²) in [7, 11) is 0. The zero-order valence-corrected chi connectivity index (χ0v) is 7.38. The van der Waals surface area contributed by atoms with Gasteiger partial charge >= 0.3 is 0 Å². The lowest BCUT2D eigenvalue weighted by atomic mass is 9.79. The summed E-state index contributed by atoms with van der Waals surface area (Å²) >= 11 is 5.03. The molecule has 0 amide bonds. The summed E-state index contributed by atoms with van der Waals surface area (Å²) in [5, 5.41) is 12.7. The van der Waals surface area contributed by atoms with Crippen molar-refractivity contribution in [1.29, 1.82) is 0 Å². The van der Waals surface area contributed by atoms with Crippen LogP contribution in [0.4, 0.5) is 0 Å². The van der Waals surface area contributed by atoms with Crippen LogP contribution in [-0.4, -0.2) is 22.2 Å². The minimum Gasteiger partial charge on any atom is -0.387 e. The first kappa shape index (κ1) is 7.95. The Kier molecular flexibility index (Phi) is 1.53. The van der Waals surface area contributed by atoms with Gasteiger partial charge in [0.05, 0.1) is 10.6 Å². The smallest absolute Gasteiger partial charge is 0.0904 e. The first-order valence-corrected chi connectivity index (χ1v) is 3.79. The topological polar surface area (TPSA) is 32.3 Å². The molecule has 0 aromatic carbocycles. The summed E-state index contributed by atoms with van der Waals surface area (Å²) in [4.78, 5) is 0.762. The zero-order valence-electron chi connectivity index (χ0n) is 6.56. The van der Waals surface area contributed by atoms with Crippen LogP contribution in [0.1, 0.15) is 20.8 Å². The molecule has 2 N–H and O–H groups in total. The normalized spacial score (nSPS) is 37.8. The van der Waals surface area contributed by atoms with Crippen LogP contribution in [0.5, 0.6) is 0 Å². The highest BCUT2D eigenvalue weighted by molar-refractivity contribution is 7.80. The molecule has 0 aliphatic carbocycles. The molecule has 1 heterocycles. The Morgan fingerprint density at radius 2 is 2.00 bits per heavy atom. The molecule has 0 saturated carbocycles. The predicted molar refractivity (Wildman–Crippen MR) is 45.0 cm³/mol. The number of β-amino-alcohol motifs (C(OH)–C–C–N with tert-alkyl or cyclic N) is 1. The van der Waals surface area contributed by atoms with Gasteiger partial charge in [-0.3, -0.25) is 0 Å². The Hall–Kier alpha value is -0.150. The van der Waals surface area contributed by atoms with Crippen molar-refractivity contribution in [2.75, 3.05) is 6.54 Å². The van der Waals surface area contributed by atoms with E-state index >= 15 is 0 Å². The van der Waals surface area contributed by atoms with Crippen molar-refractivity contribution < 1.29 is 5.11 Å². The molecule has 0 bridgehead atoms. The lowest BCUT2D eigenvalue weighted by Gasteiger charge is -2.30. The Morgan fingerprint density at radius 1 is 1.50 bits per heavy atom. The van der Waals surface area contributed by atoms with Gasteiger partial charge in [-0.25, -0.2) is 0 Å². The highest BCUT2D eigenvalue weighted by atomic mass is 32.1. The molecule has 0 radical (unpaired) electrons. The summed E-state index contributed by atoms with van der Waals surface area (Å²) in [5.41, 5.74) is -0.966. The fourth-order valence-corrected chi connectivity index (χ4v) is 1.23. The maximum atomic E-state index is 9.74. The second-order valence-corrected chi connectivity index (χ2v) is 3.99.